The summed E-state index contributed by atoms with van der Waals surface area (Å²) in [5.74, 6) is 1.03. The van der Waals surface area contributed by atoms with Crippen LogP contribution in [0.25, 0.3) is 0 Å². The molecule has 0 radical (unpaired) electrons. The first-order valence-electron chi connectivity index (χ1n) is 7.96. The van der Waals surface area contributed by atoms with Crippen LogP contribution >= 0.6 is 11.3 Å². The number of para-hydroxylation sites is 2. The molecular weight excluding hydrogens is 352 g/mol. The van der Waals surface area contributed by atoms with E-state index in [4.69, 9.17) is 4.74 Å². The highest BCUT2D eigenvalue weighted by Gasteiger charge is 2.29. The number of carbonyl (C=O) groups is 1. The van der Waals surface area contributed by atoms with Gasteiger partial charge in [-0.05, 0) is 19.1 Å². The molecule has 1 N–H and O–H groups in total. The van der Waals surface area contributed by atoms with Gasteiger partial charge in [0, 0.05) is 17.2 Å². The molecule has 2 heterocycles. The Morgan fingerprint density at radius 3 is 2.23 bits per heavy atom. The Hall–Kier alpha value is -3.19. The molecule has 7 heteroatoms. The lowest BCUT2D eigenvalue weighted by Gasteiger charge is -2.28. The van der Waals surface area contributed by atoms with Gasteiger partial charge in [0.25, 0.3) is 11.6 Å². The van der Waals surface area contributed by atoms with Crippen LogP contribution in [0.3, 0.4) is 0 Å². The number of ether oxygens (including phenoxy) is 1. The van der Waals surface area contributed by atoms with Crippen LogP contribution in [0.4, 0.5) is 5.69 Å². The largest absolute Gasteiger partial charge is 0.457 e. The summed E-state index contributed by atoms with van der Waals surface area (Å²) in [5.41, 5.74) is 1.66. The lowest BCUT2D eigenvalue weighted by atomic mass is 9.94. The van der Waals surface area contributed by atoms with Gasteiger partial charge < -0.3 is 10.1 Å². The molecule has 1 aromatic heterocycles. The summed E-state index contributed by atoms with van der Waals surface area (Å²) >= 11 is 1.12. The van der Waals surface area contributed by atoms with Crippen LogP contribution in [0.15, 0.2) is 54.6 Å². The smallest absolute Gasteiger partial charge is 0.283 e. The van der Waals surface area contributed by atoms with Crippen molar-refractivity contribution in [1.82, 2.24) is 5.32 Å². The van der Waals surface area contributed by atoms with E-state index in [9.17, 15) is 14.9 Å². The first kappa shape index (κ1) is 16.3. The van der Waals surface area contributed by atoms with Gasteiger partial charge in [0.1, 0.15) is 11.5 Å². The van der Waals surface area contributed by atoms with E-state index >= 15 is 0 Å². The van der Waals surface area contributed by atoms with Gasteiger partial charge in [-0.2, -0.15) is 0 Å². The number of aryl methyl sites for hydroxylation is 1. The van der Waals surface area contributed by atoms with Gasteiger partial charge in [0.15, 0.2) is 0 Å². The summed E-state index contributed by atoms with van der Waals surface area (Å²) in [6.07, 6.45) is 0. The minimum absolute atomic E-state index is 0.0343. The number of hydrogen-bond acceptors (Lipinski definition) is 5. The molecule has 6 nitrogen and oxygen atoms in total. The van der Waals surface area contributed by atoms with Crippen molar-refractivity contribution in [2.45, 2.75) is 13.0 Å². The molecule has 130 valence electrons. The van der Waals surface area contributed by atoms with E-state index in [1.165, 1.54) is 6.07 Å². The summed E-state index contributed by atoms with van der Waals surface area (Å²) in [6, 6.07) is 16.0. The van der Waals surface area contributed by atoms with Crippen molar-refractivity contribution in [3.63, 3.8) is 0 Å². The van der Waals surface area contributed by atoms with E-state index in [1.807, 2.05) is 48.5 Å². The highest BCUT2D eigenvalue weighted by molar-refractivity contribution is 7.14. The number of fused-ring (bicyclic) bond motifs is 2. The van der Waals surface area contributed by atoms with Crippen LogP contribution in [0.2, 0.25) is 0 Å². The lowest BCUT2D eigenvalue weighted by molar-refractivity contribution is -0.385. The number of hydrogen-bond donors (Lipinski definition) is 1. The molecule has 0 atom stereocenters. The van der Waals surface area contributed by atoms with Crippen molar-refractivity contribution < 1.29 is 14.5 Å². The second-order valence-corrected chi connectivity index (χ2v) is 7.15. The molecular formula is C19H14N2O4S. The maximum atomic E-state index is 12.8. The van der Waals surface area contributed by atoms with Gasteiger partial charge in [0.05, 0.1) is 20.7 Å². The molecule has 26 heavy (non-hydrogen) atoms. The molecule has 1 amide bonds. The van der Waals surface area contributed by atoms with Gasteiger partial charge >= 0.3 is 0 Å². The summed E-state index contributed by atoms with van der Waals surface area (Å²) in [6.45, 7) is 1.64. The normalized spacial score (nSPS) is 12.7. The van der Waals surface area contributed by atoms with Crippen LogP contribution in [0, 0.1) is 17.0 Å². The monoisotopic (exact) mass is 366 g/mol. The molecule has 0 unspecified atom stereocenters. The minimum atomic E-state index is -0.471. The van der Waals surface area contributed by atoms with Gasteiger partial charge in [-0.1, -0.05) is 36.4 Å². The average molecular weight is 366 g/mol. The molecule has 0 fully saturated rings. The summed E-state index contributed by atoms with van der Waals surface area (Å²) in [5, 5.41) is 14.0. The lowest BCUT2D eigenvalue weighted by Crippen LogP contribution is -2.30. The minimum Gasteiger partial charge on any atom is -0.457 e. The zero-order valence-electron chi connectivity index (χ0n) is 13.8. The zero-order valence-corrected chi connectivity index (χ0v) is 14.6. The van der Waals surface area contributed by atoms with Crippen LogP contribution < -0.4 is 10.1 Å². The van der Waals surface area contributed by atoms with E-state index in [1.54, 1.807) is 6.92 Å². The topological polar surface area (TPSA) is 81.5 Å². The molecule has 4 rings (SSSR count). The molecule has 0 aliphatic carbocycles. The SMILES string of the molecule is Cc1sc(C(=O)NC2c3ccccc3Oc3ccccc32)cc1[N+](=O)[O-]. The van der Waals surface area contributed by atoms with E-state index in [0.29, 0.717) is 21.3 Å². The van der Waals surface area contributed by atoms with Crippen LogP contribution in [0.1, 0.15) is 31.7 Å². The number of thiophene rings is 1. The highest BCUT2D eigenvalue weighted by atomic mass is 32.1. The average Bonchev–Trinajstić information content (AvgIpc) is 3.03. The fourth-order valence-electron chi connectivity index (χ4n) is 3.03. The van der Waals surface area contributed by atoms with Gasteiger partial charge in [-0.25, -0.2) is 0 Å². The van der Waals surface area contributed by atoms with Gasteiger partial charge in [0.2, 0.25) is 0 Å². The second-order valence-electron chi connectivity index (χ2n) is 5.89. The number of benzene rings is 2. The molecule has 0 spiro atoms. The van der Waals surface area contributed by atoms with Crippen LogP contribution in [0.5, 0.6) is 11.5 Å². The third kappa shape index (κ3) is 2.72. The van der Waals surface area contributed by atoms with Crippen molar-refractivity contribution in [3.05, 3.63) is 85.6 Å². The fraction of sp³-hybridized carbons (Fsp3) is 0.105. The number of carbonyl (C=O) groups excluding carboxylic acids is 1. The molecule has 2 aromatic carbocycles. The number of rotatable bonds is 3. The summed E-state index contributed by atoms with van der Waals surface area (Å²) in [7, 11) is 0. The van der Waals surface area contributed by atoms with Crippen molar-refractivity contribution in [2.24, 2.45) is 0 Å². The van der Waals surface area contributed by atoms with E-state index in [0.717, 1.165) is 22.5 Å². The Morgan fingerprint density at radius 2 is 1.69 bits per heavy atom. The molecule has 3 aromatic rings. The summed E-state index contributed by atoms with van der Waals surface area (Å²) < 4.78 is 5.91. The number of amides is 1. The third-order valence-corrected chi connectivity index (χ3v) is 5.31. The summed E-state index contributed by atoms with van der Waals surface area (Å²) in [4.78, 5) is 24.1. The van der Waals surface area contributed by atoms with Gasteiger partial charge in [-0.3, -0.25) is 14.9 Å². The molecule has 0 bridgehead atoms. The maximum absolute atomic E-state index is 12.8. The van der Waals surface area contributed by atoms with Crippen molar-refractivity contribution in [3.8, 4) is 11.5 Å². The molecule has 0 saturated heterocycles. The van der Waals surface area contributed by atoms with Crippen LogP contribution in [-0.4, -0.2) is 10.8 Å². The van der Waals surface area contributed by atoms with E-state index < -0.39 is 4.92 Å². The van der Waals surface area contributed by atoms with Crippen molar-refractivity contribution >= 4 is 22.9 Å². The fourth-order valence-corrected chi connectivity index (χ4v) is 3.92. The van der Waals surface area contributed by atoms with Crippen LogP contribution in [-0.2, 0) is 0 Å². The quantitative estimate of drug-likeness (QED) is 0.543. The molecule has 1 aliphatic rings. The third-order valence-electron chi connectivity index (χ3n) is 4.27. The maximum Gasteiger partial charge on any atom is 0.283 e. The van der Waals surface area contributed by atoms with E-state index in [-0.39, 0.29) is 17.6 Å². The first-order chi connectivity index (χ1) is 12.5. The number of nitrogens with zero attached hydrogens (tertiary/aromatic N) is 1. The Balaban J connectivity index is 1.71. The predicted molar refractivity (Wildman–Crippen MR) is 98.0 cm³/mol. The predicted octanol–water partition coefficient (Wildman–Crippen LogP) is 4.59. The van der Waals surface area contributed by atoms with Crippen molar-refractivity contribution in [2.75, 3.05) is 0 Å². The number of nitrogens with one attached hydrogen (secondary N) is 1. The highest BCUT2D eigenvalue weighted by Crippen LogP contribution is 2.42. The Morgan fingerprint density at radius 1 is 1.12 bits per heavy atom. The Labute approximate surface area is 153 Å². The van der Waals surface area contributed by atoms with E-state index in [2.05, 4.69) is 5.32 Å². The number of nitro groups is 1. The standard InChI is InChI=1S/C19H14N2O4S/c1-11-14(21(23)24)10-17(26-11)19(22)20-18-12-6-2-4-8-15(12)25-16-9-5-3-7-13(16)18/h2-10,18H,1H3,(H,20,22). The van der Waals surface area contributed by atoms with Crippen molar-refractivity contribution in [1.29, 1.82) is 0 Å². The Kier molecular flexibility index (Phi) is 3.93. The second kappa shape index (κ2) is 6.27. The molecule has 0 saturated carbocycles. The first-order valence-corrected chi connectivity index (χ1v) is 8.77. The molecule has 1 aliphatic heterocycles. The Bertz CT molecular complexity index is 982. The zero-order chi connectivity index (χ0) is 18.3. The van der Waals surface area contributed by atoms with Gasteiger partial charge in [-0.15, -0.1) is 11.3 Å².